The van der Waals surface area contributed by atoms with Crippen molar-refractivity contribution in [2.24, 2.45) is 5.92 Å². The van der Waals surface area contributed by atoms with Crippen LogP contribution in [-0.2, 0) is 6.54 Å². The molecule has 0 amide bonds. The third kappa shape index (κ3) is 2.74. The Morgan fingerprint density at radius 1 is 1.33 bits per heavy atom. The number of rotatable bonds is 3. The lowest BCUT2D eigenvalue weighted by molar-refractivity contribution is 0.0832. The Balaban J connectivity index is 1.67. The van der Waals surface area contributed by atoms with Crippen molar-refractivity contribution in [1.29, 1.82) is 0 Å². The molecule has 0 bridgehead atoms. The Kier molecular flexibility index (Phi) is 3.90. The van der Waals surface area contributed by atoms with Crippen molar-refractivity contribution in [3.05, 3.63) is 51.4 Å². The first kappa shape index (κ1) is 15.4. The maximum Gasteiger partial charge on any atom is 0.232 e. The predicted molar refractivity (Wildman–Crippen MR) is 94.4 cm³/mol. The van der Waals surface area contributed by atoms with Gasteiger partial charge in [-0.15, -0.1) is 11.3 Å². The van der Waals surface area contributed by atoms with Crippen LogP contribution in [0.5, 0.6) is 11.5 Å². The summed E-state index contributed by atoms with van der Waals surface area (Å²) in [5, 5.41) is 1.98. The number of Topliss-reactive ketones (excluding diaryl/α,β-unsaturated/α-hetero) is 1. The summed E-state index contributed by atoms with van der Waals surface area (Å²) in [6, 6.07) is 7.63. The van der Waals surface area contributed by atoms with Gasteiger partial charge < -0.3 is 9.47 Å². The molecule has 2 aliphatic heterocycles. The predicted octanol–water partition coefficient (Wildman–Crippen LogP) is 4.17. The largest absolute Gasteiger partial charge is 0.478 e. The van der Waals surface area contributed by atoms with Crippen LogP contribution in [0.25, 0.3) is 6.08 Å². The topological polar surface area (TPSA) is 38.8 Å². The second-order valence-corrected chi connectivity index (χ2v) is 7.53. The molecule has 2 aliphatic rings. The summed E-state index contributed by atoms with van der Waals surface area (Å²) in [5.74, 6) is 2.38. The summed E-state index contributed by atoms with van der Waals surface area (Å²) >= 11 is 1.58. The number of benzene rings is 1. The van der Waals surface area contributed by atoms with Crippen LogP contribution in [0.15, 0.2) is 35.4 Å². The van der Waals surface area contributed by atoms with Crippen LogP contribution in [0.3, 0.4) is 0 Å². The number of nitrogens with zero attached hydrogens (tertiary/aromatic N) is 1. The fourth-order valence-corrected chi connectivity index (χ4v) is 3.79. The molecule has 0 atom stereocenters. The number of fused-ring (bicyclic) bond motifs is 3. The van der Waals surface area contributed by atoms with E-state index in [1.165, 1.54) is 0 Å². The summed E-state index contributed by atoms with van der Waals surface area (Å²) < 4.78 is 11.8. The molecule has 0 aliphatic carbocycles. The molecule has 0 unspecified atom stereocenters. The van der Waals surface area contributed by atoms with Crippen LogP contribution >= 0.6 is 11.3 Å². The third-order valence-electron chi connectivity index (χ3n) is 4.12. The zero-order valence-electron chi connectivity index (χ0n) is 13.7. The summed E-state index contributed by atoms with van der Waals surface area (Å²) in [6.45, 7) is 6.65. The highest BCUT2D eigenvalue weighted by atomic mass is 32.1. The van der Waals surface area contributed by atoms with Crippen molar-refractivity contribution in [3.8, 4) is 11.5 Å². The molecule has 5 heteroatoms. The summed E-state index contributed by atoms with van der Waals surface area (Å²) in [6.07, 6.45) is 1.81. The third-order valence-corrected chi connectivity index (χ3v) is 4.94. The Morgan fingerprint density at radius 3 is 2.96 bits per heavy atom. The average Bonchev–Trinajstić information content (AvgIpc) is 3.16. The molecule has 4 nitrogen and oxygen atoms in total. The Bertz CT molecular complexity index is 808. The second kappa shape index (κ2) is 6.07. The molecule has 1 aromatic carbocycles. The molecule has 0 fully saturated rings. The van der Waals surface area contributed by atoms with Crippen molar-refractivity contribution in [1.82, 2.24) is 4.90 Å². The summed E-state index contributed by atoms with van der Waals surface area (Å²) in [5.41, 5.74) is 1.61. The number of ether oxygens (including phenoxy) is 2. The van der Waals surface area contributed by atoms with E-state index in [1.54, 1.807) is 11.3 Å². The monoisotopic (exact) mass is 341 g/mol. The lowest BCUT2D eigenvalue weighted by Gasteiger charge is -2.30. The van der Waals surface area contributed by atoms with Gasteiger partial charge in [0, 0.05) is 24.0 Å². The molecular formula is C19H19NO3S. The van der Waals surface area contributed by atoms with Gasteiger partial charge in [-0.05, 0) is 29.5 Å². The quantitative estimate of drug-likeness (QED) is 0.786. The molecule has 0 spiro atoms. The maximum absolute atomic E-state index is 12.6. The van der Waals surface area contributed by atoms with Crippen LogP contribution in [-0.4, -0.2) is 24.0 Å². The van der Waals surface area contributed by atoms with Crippen molar-refractivity contribution in [2.75, 3.05) is 13.3 Å². The van der Waals surface area contributed by atoms with E-state index in [9.17, 15) is 4.79 Å². The van der Waals surface area contributed by atoms with Gasteiger partial charge in [0.2, 0.25) is 5.78 Å². The van der Waals surface area contributed by atoms with E-state index in [2.05, 4.69) is 18.7 Å². The first-order valence-electron chi connectivity index (χ1n) is 8.10. The highest BCUT2D eigenvalue weighted by Gasteiger charge is 2.33. The van der Waals surface area contributed by atoms with Crippen molar-refractivity contribution < 1.29 is 14.3 Å². The number of allylic oxidation sites excluding steroid dienone is 1. The van der Waals surface area contributed by atoms with Crippen LogP contribution in [0.4, 0.5) is 0 Å². The Labute approximate surface area is 145 Å². The van der Waals surface area contributed by atoms with Gasteiger partial charge in [-0.1, -0.05) is 19.9 Å². The summed E-state index contributed by atoms with van der Waals surface area (Å²) in [4.78, 5) is 15.9. The SMILES string of the molecule is CC(C)CN1COc2ccc3c(c2C1)O/C(=C\c1cccs1)C3=O. The molecule has 4 rings (SSSR count). The smallest absolute Gasteiger partial charge is 0.232 e. The van der Waals surface area contributed by atoms with Crippen LogP contribution in [0, 0.1) is 5.92 Å². The van der Waals surface area contributed by atoms with E-state index < -0.39 is 0 Å². The van der Waals surface area contributed by atoms with Crippen molar-refractivity contribution >= 4 is 23.2 Å². The molecule has 0 radical (unpaired) electrons. The number of thiophene rings is 1. The first-order valence-corrected chi connectivity index (χ1v) is 8.98. The molecule has 0 N–H and O–H groups in total. The van der Waals surface area contributed by atoms with Gasteiger partial charge in [-0.25, -0.2) is 0 Å². The van der Waals surface area contributed by atoms with E-state index in [-0.39, 0.29) is 5.78 Å². The van der Waals surface area contributed by atoms with E-state index in [0.717, 1.165) is 29.3 Å². The van der Waals surface area contributed by atoms with E-state index in [0.29, 0.717) is 29.7 Å². The molecule has 0 saturated carbocycles. The number of carbonyl (C=O) groups excluding carboxylic acids is 1. The minimum atomic E-state index is -0.0535. The summed E-state index contributed by atoms with van der Waals surface area (Å²) in [7, 11) is 0. The van der Waals surface area contributed by atoms with Gasteiger partial charge in [0.05, 0.1) is 11.1 Å². The zero-order valence-corrected chi connectivity index (χ0v) is 14.6. The Hall–Kier alpha value is -2.11. The van der Waals surface area contributed by atoms with Crippen molar-refractivity contribution in [2.45, 2.75) is 20.4 Å². The van der Waals surface area contributed by atoms with Gasteiger partial charge >= 0.3 is 0 Å². The number of carbonyl (C=O) groups is 1. The van der Waals surface area contributed by atoms with Gasteiger partial charge in [-0.2, -0.15) is 0 Å². The average molecular weight is 341 g/mol. The number of ketones is 1. The van der Waals surface area contributed by atoms with E-state index >= 15 is 0 Å². The van der Waals surface area contributed by atoms with Crippen LogP contribution in [0.1, 0.15) is 34.6 Å². The fourth-order valence-electron chi connectivity index (χ4n) is 3.14. The minimum Gasteiger partial charge on any atom is -0.478 e. The molecule has 3 heterocycles. The molecule has 1 aromatic heterocycles. The van der Waals surface area contributed by atoms with Crippen molar-refractivity contribution in [3.63, 3.8) is 0 Å². The van der Waals surface area contributed by atoms with Gasteiger partial charge in [0.1, 0.15) is 18.2 Å². The fraction of sp³-hybridized carbons (Fsp3) is 0.316. The minimum absolute atomic E-state index is 0.0535. The van der Waals surface area contributed by atoms with Gasteiger partial charge in [-0.3, -0.25) is 9.69 Å². The normalized spacial score (nSPS) is 18.5. The lowest BCUT2D eigenvalue weighted by Crippen LogP contribution is -2.34. The molecule has 124 valence electrons. The van der Waals surface area contributed by atoms with Crippen LogP contribution in [0.2, 0.25) is 0 Å². The van der Waals surface area contributed by atoms with Gasteiger partial charge in [0.15, 0.2) is 5.76 Å². The number of hydrogen-bond donors (Lipinski definition) is 0. The first-order chi connectivity index (χ1) is 11.6. The second-order valence-electron chi connectivity index (χ2n) is 6.55. The highest BCUT2D eigenvalue weighted by Crippen LogP contribution is 2.42. The van der Waals surface area contributed by atoms with Gasteiger partial charge in [0.25, 0.3) is 0 Å². The molecule has 24 heavy (non-hydrogen) atoms. The Morgan fingerprint density at radius 2 is 2.21 bits per heavy atom. The molecule has 0 saturated heterocycles. The lowest BCUT2D eigenvalue weighted by atomic mass is 10.0. The van der Waals surface area contributed by atoms with E-state index in [4.69, 9.17) is 9.47 Å². The highest BCUT2D eigenvalue weighted by molar-refractivity contribution is 7.10. The molecule has 2 aromatic rings. The maximum atomic E-state index is 12.6. The molecular weight excluding hydrogens is 322 g/mol. The van der Waals surface area contributed by atoms with E-state index in [1.807, 2.05) is 35.7 Å². The zero-order chi connectivity index (χ0) is 16.7. The number of hydrogen-bond acceptors (Lipinski definition) is 5. The standard InChI is InChI=1S/C19H19NO3S/c1-12(2)9-20-10-15-16(22-11-20)6-5-14-18(21)17(23-19(14)15)8-13-4-3-7-24-13/h3-8,12H,9-11H2,1-2H3/b17-8-. The van der Waals surface area contributed by atoms with Crippen LogP contribution < -0.4 is 9.47 Å².